The van der Waals surface area contributed by atoms with E-state index in [-0.39, 0.29) is 12.5 Å². The molecule has 1 rings (SSSR count). The molecule has 6 nitrogen and oxygen atoms in total. The quantitative estimate of drug-likeness (QED) is 0.334. The summed E-state index contributed by atoms with van der Waals surface area (Å²) in [6.07, 6.45) is 1.44. The molecule has 1 aromatic carbocycles. The van der Waals surface area contributed by atoms with Crippen molar-refractivity contribution < 1.29 is 14.8 Å². The fourth-order valence-electron chi connectivity index (χ4n) is 1.53. The Morgan fingerprint density at radius 2 is 1.74 bits per heavy atom. The zero-order valence-corrected chi connectivity index (χ0v) is 10.7. The first-order valence-corrected chi connectivity index (χ1v) is 6.21. The molecule has 6 heteroatoms. The number of hydroxylamine groups is 1. The number of carbonyl (C=O) groups is 2. The number of nitrogens with one attached hydrogen (secondary N) is 3. The molecule has 104 valence electrons. The van der Waals surface area contributed by atoms with Gasteiger partial charge in [-0.2, -0.15) is 0 Å². The number of hydrogen-bond acceptors (Lipinski definition) is 3. The molecule has 0 heterocycles. The molecule has 0 bridgehead atoms. The Hall–Kier alpha value is -2.08. The summed E-state index contributed by atoms with van der Waals surface area (Å²) >= 11 is 0. The van der Waals surface area contributed by atoms with Crippen molar-refractivity contribution in [3.05, 3.63) is 35.9 Å². The van der Waals surface area contributed by atoms with Crippen LogP contribution in [0.25, 0.3) is 0 Å². The van der Waals surface area contributed by atoms with Crippen LogP contribution in [0.15, 0.2) is 30.3 Å². The Morgan fingerprint density at radius 3 is 2.42 bits per heavy atom. The summed E-state index contributed by atoms with van der Waals surface area (Å²) < 4.78 is 0. The van der Waals surface area contributed by atoms with Crippen molar-refractivity contribution in [1.82, 2.24) is 16.1 Å². The SMILES string of the molecule is O=C(CCCNC(=O)NCCc1ccccc1)NO. The summed E-state index contributed by atoms with van der Waals surface area (Å²) in [6, 6.07) is 9.63. The lowest BCUT2D eigenvalue weighted by Crippen LogP contribution is -2.37. The summed E-state index contributed by atoms with van der Waals surface area (Å²) in [5.41, 5.74) is 2.71. The van der Waals surface area contributed by atoms with Gasteiger partial charge in [0.05, 0.1) is 0 Å². The molecule has 1 aromatic rings. The van der Waals surface area contributed by atoms with E-state index in [1.54, 1.807) is 0 Å². The second kappa shape index (κ2) is 8.93. The largest absolute Gasteiger partial charge is 0.338 e. The van der Waals surface area contributed by atoms with Gasteiger partial charge in [-0.05, 0) is 18.4 Å². The number of rotatable bonds is 7. The maximum atomic E-state index is 11.4. The first-order valence-electron chi connectivity index (χ1n) is 6.21. The summed E-state index contributed by atoms with van der Waals surface area (Å²) in [4.78, 5) is 22.1. The van der Waals surface area contributed by atoms with Gasteiger partial charge in [0.2, 0.25) is 5.91 Å². The molecule has 0 aliphatic rings. The smallest absolute Gasteiger partial charge is 0.314 e. The Kier molecular flexibility index (Phi) is 7.04. The second-order valence-corrected chi connectivity index (χ2v) is 4.06. The van der Waals surface area contributed by atoms with E-state index in [1.165, 1.54) is 11.0 Å². The van der Waals surface area contributed by atoms with Crippen LogP contribution in [0.3, 0.4) is 0 Å². The molecule has 0 fully saturated rings. The molecule has 0 saturated heterocycles. The van der Waals surface area contributed by atoms with Gasteiger partial charge in [-0.15, -0.1) is 0 Å². The van der Waals surface area contributed by atoms with E-state index < -0.39 is 5.91 Å². The highest BCUT2D eigenvalue weighted by Gasteiger charge is 2.01. The van der Waals surface area contributed by atoms with Gasteiger partial charge in [-0.1, -0.05) is 30.3 Å². The number of benzene rings is 1. The van der Waals surface area contributed by atoms with Crippen molar-refractivity contribution >= 4 is 11.9 Å². The molecule has 0 aliphatic carbocycles. The maximum Gasteiger partial charge on any atom is 0.314 e. The highest BCUT2D eigenvalue weighted by atomic mass is 16.5. The minimum absolute atomic E-state index is 0.181. The van der Waals surface area contributed by atoms with Gasteiger partial charge in [0.25, 0.3) is 0 Å². The van der Waals surface area contributed by atoms with Crippen LogP contribution < -0.4 is 16.1 Å². The van der Waals surface area contributed by atoms with E-state index in [9.17, 15) is 9.59 Å². The lowest BCUT2D eigenvalue weighted by molar-refractivity contribution is -0.129. The molecule has 0 radical (unpaired) electrons. The summed E-state index contributed by atoms with van der Waals surface area (Å²) in [7, 11) is 0. The standard InChI is InChI=1S/C13H19N3O3/c17-12(16-19)7-4-9-14-13(18)15-10-8-11-5-2-1-3-6-11/h1-3,5-6,19H,4,7-10H2,(H,16,17)(H2,14,15,18). The van der Waals surface area contributed by atoms with Gasteiger partial charge in [-0.25, -0.2) is 10.3 Å². The third-order valence-corrected chi connectivity index (χ3v) is 2.53. The predicted molar refractivity (Wildman–Crippen MR) is 70.7 cm³/mol. The van der Waals surface area contributed by atoms with Gasteiger partial charge in [0.15, 0.2) is 0 Å². The molecule has 0 aromatic heterocycles. The van der Waals surface area contributed by atoms with Crippen LogP contribution in [0.2, 0.25) is 0 Å². The van der Waals surface area contributed by atoms with Crippen LogP contribution in [-0.2, 0) is 11.2 Å². The molecular weight excluding hydrogens is 246 g/mol. The first kappa shape index (κ1) is 15.0. The van der Waals surface area contributed by atoms with E-state index in [0.29, 0.717) is 19.5 Å². The number of hydrogen-bond donors (Lipinski definition) is 4. The fourth-order valence-corrected chi connectivity index (χ4v) is 1.53. The van der Waals surface area contributed by atoms with Crippen molar-refractivity contribution in [2.24, 2.45) is 0 Å². The van der Waals surface area contributed by atoms with Crippen LogP contribution in [0, 0.1) is 0 Å². The zero-order chi connectivity index (χ0) is 13.9. The summed E-state index contributed by atoms with van der Waals surface area (Å²) in [5.74, 6) is -0.453. The van der Waals surface area contributed by atoms with Crippen LogP contribution in [0.5, 0.6) is 0 Å². The average Bonchev–Trinajstić information content (AvgIpc) is 2.44. The number of amides is 3. The zero-order valence-electron chi connectivity index (χ0n) is 10.7. The van der Waals surface area contributed by atoms with Crippen LogP contribution in [0.4, 0.5) is 4.79 Å². The Morgan fingerprint density at radius 1 is 1.05 bits per heavy atom. The van der Waals surface area contributed by atoms with Crippen LogP contribution in [-0.4, -0.2) is 30.2 Å². The van der Waals surface area contributed by atoms with Crippen molar-refractivity contribution in [1.29, 1.82) is 0 Å². The molecule has 0 aliphatic heterocycles. The minimum atomic E-state index is -0.453. The Labute approximate surface area is 112 Å². The summed E-state index contributed by atoms with van der Waals surface area (Å²) in [5, 5.41) is 13.6. The van der Waals surface area contributed by atoms with Crippen LogP contribution in [0.1, 0.15) is 18.4 Å². The van der Waals surface area contributed by atoms with E-state index in [4.69, 9.17) is 5.21 Å². The molecule has 4 N–H and O–H groups in total. The highest BCUT2D eigenvalue weighted by molar-refractivity contribution is 5.75. The Bertz CT molecular complexity index is 395. The number of urea groups is 1. The minimum Gasteiger partial charge on any atom is -0.338 e. The first-order chi connectivity index (χ1) is 9.22. The molecular formula is C13H19N3O3. The normalized spacial score (nSPS) is 9.74. The van der Waals surface area contributed by atoms with Crippen molar-refractivity contribution in [3.63, 3.8) is 0 Å². The van der Waals surface area contributed by atoms with Crippen molar-refractivity contribution in [2.75, 3.05) is 13.1 Å². The van der Waals surface area contributed by atoms with Gasteiger partial charge < -0.3 is 10.6 Å². The van der Waals surface area contributed by atoms with Gasteiger partial charge in [0.1, 0.15) is 0 Å². The highest BCUT2D eigenvalue weighted by Crippen LogP contribution is 1.97. The Balaban J connectivity index is 2.04. The van der Waals surface area contributed by atoms with Crippen molar-refractivity contribution in [2.45, 2.75) is 19.3 Å². The van der Waals surface area contributed by atoms with E-state index >= 15 is 0 Å². The average molecular weight is 265 g/mol. The number of carbonyl (C=O) groups excluding carboxylic acids is 2. The molecule has 19 heavy (non-hydrogen) atoms. The van der Waals surface area contributed by atoms with Gasteiger partial charge in [0, 0.05) is 19.5 Å². The topological polar surface area (TPSA) is 90.5 Å². The predicted octanol–water partition coefficient (Wildman–Crippen LogP) is 0.814. The van der Waals surface area contributed by atoms with Crippen LogP contribution >= 0.6 is 0 Å². The lowest BCUT2D eigenvalue weighted by Gasteiger charge is -2.07. The van der Waals surface area contributed by atoms with Gasteiger partial charge in [-0.3, -0.25) is 10.0 Å². The molecule has 0 atom stereocenters. The maximum absolute atomic E-state index is 11.4. The van der Waals surface area contributed by atoms with Gasteiger partial charge >= 0.3 is 6.03 Å². The second-order valence-electron chi connectivity index (χ2n) is 4.06. The lowest BCUT2D eigenvalue weighted by atomic mass is 10.1. The molecule has 0 saturated carbocycles. The third-order valence-electron chi connectivity index (χ3n) is 2.53. The summed E-state index contributed by atoms with van der Waals surface area (Å²) in [6.45, 7) is 0.956. The molecule has 0 unspecified atom stereocenters. The van der Waals surface area contributed by atoms with E-state index in [0.717, 1.165) is 6.42 Å². The van der Waals surface area contributed by atoms with Crippen molar-refractivity contribution in [3.8, 4) is 0 Å². The van der Waals surface area contributed by atoms with E-state index in [1.807, 2.05) is 30.3 Å². The molecule has 0 spiro atoms. The molecule has 3 amide bonds. The van der Waals surface area contributed by atoms with E-state index in [2.05, 4.69) is 10.6 Å². The third kappa shape index (κ3) is 7.05. The monoisotopic (exact) mass is 265 g/mol. The fraction of sp³-hybridized carbons (Fsp3) is 0.385.